The minimum absolute atomic E-state index is 0.905. The third kappa shape index (κ3) is 2.90. The Labute approximate surface area is 108 Å². The number of hydrogen-bond acceptors (Lipinski definition) is 3. The SMILES string of the molecule is CCNCc1cnc(-c2cccc(Br)c2)s1. The lowest BCUT2D eigenvalue weighted by atomic mass is 10.2. The molecule has 1 aromatic carbocycles. The van der Waals surface area contributed by atoms with Crippen molar-refractivity contribution < 1.29 is 0 Å². The zero-order valence-electron chi connectivity index (χ0n) is 9.03. The Morgan fingerprint density at radius 2 is 2.31 bits per heavy atom. The molecule has 0 aliphatic carbocycles. The lowest BCUT2D eigenvalue weighted by Crippen LogP contribution is -2.10. The number of hydrogen-bond donors (Lipinski definition) is 1. The fourth-order valence-electron chi connectivity index (χ4n) is 1.39. The Morgan fingerprint density at radius 3 is 3.06 bits per heavy atom. The highest BCUT2D eigenvalue weighted by Gasteiger charge is 2.04. The number of halogens is 1. The number of nitrogens with one attached hydrogen (secondary N) is 1. The molecule has 2 nitrogen and oxygen atoms in total. The van der Waals surface area contributed by atoms with E-state index in [2.05, 4.69) is 45.3 Å². The van der Waals surface area contributed by atoms with E-state index in [0.717, 1.165) is 22.6 Å². The Morgan fingerprint density at radius 1 is 1.44 bits per heavy atom. The Kier molecular flexibility index (Phi) is 4.09. The van der Waals surface area contributed by atoms with Crippen LogP contribution in [0.15, 0.2) is 34.9 Å². The largest absolute Gasteiger partial charge is 0.312 e. The van der Waals surface area contributed by atoms with Gasteiger partial charge in [0.1, 0.15) is 5.01 Å². The van der Waals surface area contributed by atoms with Crippen LogP contribution in [0.1, 0.15) is 11.8 Å². The molecule has 1 heterocycles. The summed E-state index contributed by atoms with van der Waals surface area (Å²) in [5, 5.41) is 4.38. The molecule has 0 amide bonds. The summed E-state index contributed by atoms with van der Waals surface area (Å²) < 4.78 is 1.09. The minimum atomic E-state index is 0.905. The van der Waals surface area contributed by atoms with Gasteiger partial charge in [-0.1, -0.05) is 35.0 Å². The molecule has 1 aromatic heterocycles. The van der Waals surface area contributed by atoms with Gasteiger partial charge in [-0.2, -0.15) is 0 Å². The van der Waals surface area contributed by atoms with Crippen molar-refractivity contribution in [3.8, 4) is 10.6 Å². The first-order valence-electron chi connectivity index (χ1n) is 5.21. The summed E-state index contributed by atoms with van der Waals surface area (Å²) in [6.07, 6.45) is 1.95. The van der Waals surface area contributed by atoms with Crippen LogP contribution in [-0.4, -0.2) is 11.5 Å². The monoisotopic (exact) mass is 296 g/mol. The van der Waals surface area contributed by atoms with Crippen LogP contribution in [0.25, 0.3) is 10.6 Å². The third-order valence-corrected chi connectivity index (χ3v) is 3.71. The minimum Gasteiger partial charge on any atom is -0.312 e. The molecule has 0 aliphatic rings. The molecular weight excluding hydrogens is 284 g/mol. The van der Waals surface area contributed by atoms with Crippen molar-refractivity contribution in [2.75, 3.05) is 6.54 Å². The van der Waals surface area contributed by atoms with Crippen molar-refractivity contribution in [2.24, 2.45) is 0 Å². The van der Waals surface area contributed by atoms with E-state index in [-0.39, 0.29) is 0 Å². The van der Waals surface area contributed by atoms with Crippen LogP contribution in [0.2, 0.25) is 0 Å². The first kappa shape index (κ1) is 11.8. The van der Waals surface area contributed by atoms with Gasteiger partial charge in [0.2, 0.25) is 0 Å². The lowest BCUT2D eigenvalue weighted by Gasteiger charge is -1.97. The standard InChI is InChI=1S/C12H13BrN2S/c1-2-14-7-11-8-15-12(16-11)9-4-3-5-10(13)6-9/h3-6,8,14H,2,7H2,1H3. The topological polar surface area (TPSA) is 24.9 Å². The van der Waals surface area contributed by atoms with E-state index < -0.39 is 0 Å². The molecule has 0 atom stereocenters. The van der Waals surface area contributed by atoms with Crippen LogP contribution in [0.4, 0.5) is 0 Å². The van der Waals surface area contributed by atoms with Gasteiger partial charge in [-0.15, -0.1) is 11.3 Å². The second kappa shape index (κ2) is 5.57. The summed E-state index contributed by atoms with van der Waals surface area (Å²) in [4.78, 5) is 5.71. The molecule has 16 heavy (non-hydrogen) atoms. The van der Waals surface area contributed by atoms with Gasteiger partial charge in [-0.3, -0.25) is 0 Å². The Balaban J connectivity index is 2.18. The van der Waals surface area contributed by atoms with Crippen molar-refractivity contribution >= 4 is 27.3 Å². The van der Waals surface area contributed by atoms with Crippen molar-refractivity contribution in [3.05, 3.63) is 39.8 Å². The van der Waals surface area contributed by atoms with E-state index in [0.29, 0.717) is 0 Å². The molecule has 0 aliphatic heterocycles. The van der Waals surface area contributed by atoms with E-state index in [4.69, 9.17) is 0 Å². The molecule has 84 valence electrons. The maximum Gasteiger partial charge on any atom is 0.123 e. The zero-order valence-corrected chi connectivity index (χ0v) is 11.4. The van der Waals surface area contributed by atoms with Gasteiger partial charge in [0.25, 0.3) is 0 Å². The molecule has 0 bridgehead atoms. The van der Waals surface area contributed by atoms with Crippen LogP contribution >= 0.6 is 27.3 Å². The summed E-state index contributed by atoms with van der Waals surface area (Å²) in [5.74, 6) is 0. The maximum absolute atomic E-state index is 4.44. The summed E-state index contributed by atoms with van der Waals surface area (Å²) in [5.41, 5.74) is 1.17. The summed E-state index contributed by atoms with van der Waals surface area (Å²) in [7, 11) is 0. The number of nitrogens with zero attached hydrogens (tertiary/aromatic N) is 1. The zero-order chi connectivity index (χ0) is 11.4. The molecular formula is C12H13BrN2S. The molecule has 0 radical (unpaired) electrons. The molecule has 0 unspecified atom stereocenters. The van der Waals surface area contributed by atoms with Gasteiger partial charge in [-0.05, 0) is 18.7 Å². The van der Waals surface area contributed by atoms with Crippen LogP contribution in [0.3, 0.4) is 0 Å². The fourth-order valence-corrected chi connectivity index (χ4v) is 2.67. The van der Waals surface area contributed by atoms with E-state index >= 15 is 0 Å². The van der Waals surface area contributed by atoms with Crippen molar-refractivity contribution in [1.82, 2.24) is 10.3 Å². The molecule has 0 saturated carbocycles. The quantitative estimate of drug-likeness (QED) is 0.931. The first-order valence-corrected chi connectivity index (χ1v) is 6.82. The molecule has 0 saturated heterocycles. The van der Waals surface area contributed by atoms with Crippen molar-refractivity contribution in [1.29, 1.82) is 0 Å². The van der Waals surface area contributed by atoms with Gasteiger partial charge in [0, 0.05) is 27.7 Å². The average Bonchev–Trinajstić information content (AvgIpc) is 2.75. The highest BCUT2D eigenvalue weighted by atomic mass is 79.9. The van der Waals surface area contributed by atoms with Crippen LogP contribution in [-0.2, 0) is 6.54 Å². The highest BCUT2D eigenvalue weighted by molar-refractivity contribution is 9.10. The van der Waals surface area contributed by atoms with Crippen molar-refractivity contribution in [3.63, 3.8) is 0 Å². The van der Waals surface area contributed by atoms with E-state index in [1.807, 2.05) is 18.3 Å². The van der Waals surface area contributed by atoms with Gasteiger partial charge in [0.15, 0.2) is 0 Å². The molecule has 2 aromatic rings. The average molecular weight is 297 g/mol. The molecule has 0 fully saturated rings. The van der Waals surface area contributed by atoms with Crippen LogP contribution in [0, 0.1) is 0 Å². The summed E-state index contributed by atoms with van der Waals surface area (Å²) in [6.45, 7) is 4.00. The lowest BCUT2D eigenvalue weighted by molar-refractivity contribution is 0.734. The van der Waals surface area contributed by atoms with Gasteiger partial charge < -0.3 is 5.32 Å². The van der Waals surface area contributed by atoms with Crippen LogP contribution < -0.4 is 5.32 Å². The smallest absolute Gasteiger partial charge is 0.123 e. The normalized spacial score (nSPS) is 10.6. The molecule has 0 spiro atoms. The van der Waals surface area contributed by atoms with Gasteiger partial charge in [-0.25, -0.2) is 4.98 Å². The van der Waals surface area contributed by atoms with Gasteiger partial charge >= 0.3 is 0 Å². The van der Waals surface area contributed by atoms with E-state index in [1.165, 1.54) is 10.4 Å². The van der Waals surface area contributed by atoms with Gasteiger partial charge in [0.05, 0.1) is 0 Å². The predicted molar refractivity (Wildman–Crippen MR) is 72.6 cm³/mol. The summed E-state index contributed by atoms with van der Waals surface area (Å²) >= 11 is 5.21. The van der Waals surface area contributed by atoms with Crippen LogP contribution in [0.5, 0.6) is 0 Å². The second-order valence-electron chi connectivity index (χ2n) is 3.42. The number of benzene rings is 1. The first-order chi connectivity index (χ1) is 7.79. The second-order valence-corrected chi connectivity index (χ2v) is 5.45. The predicted octanol–water partition coefficient (Wildman–Crippen LogP) is 3.68. The van der Waals surface area contributed by atoms with E-state index in [1.54, 1.807) is 11.3 Å². The molecule has 1 N–H and O–H groups in total. The number of aromatic nitrogens is 1. The summed E-state index contributed by atoms with van der Waals surface area (Å²) in [6, 6.07) is 8.23. The Bertz CT molecular complexity index is 468. The molecule has 2 rings (SSSR count). The van der Waals surface area contributed by atoms with Crippen molar-refractivity contribution in [2.45, 2.75) is 13.5 Å². The Hall–Kier alpha value is -0.710. The molecule has 4 heteroatoms. The number of thiazole rings is 1. The number of rotatable bonds is 4. The fraction of sp³-hybridized carbons (Fsp3) is 0.250. The highest BCUT2D eigenvalue weighted by Crippen LogP contribution is 2.27. The third-order valence-electron chi connectivity index (χ3n) is 2.17. The van der Waals surface area contributed by atoms with E-state index in [9.17, 15) is 0 Å². The maximum atomic E-state index is 4.44.